The Kier molecular flexibility index (Phi) is 6.73. The lowest BCUT2D eigenvalue weighted by atomic mass is 10.1. The molecule has 0 aromatic heterocycles. The monoisotopic (exact) mass is 301 g/mol. The van der Waals surface area contributed by atoms with E-state index in [1.54, 1.807) is 13.0 Å². The van der Waals surface area contributed by atoms with Gasteiger partial charge in [-0.05, 0) is 18.6 Å². The van der Waals surface area contributed by atoms with E-state index in [2.05, 4.69) is 5.32 Å². The van der Waals surface area contributed by atoms with Crippen LogP contribution in [0.3, 0.4) is 0 Å². The number of carboxylic acids is 1. The summed E-state index contributed by atoms with van der Waals surface area (Å²) in [6.45, 7) is 1.94. The Morgan fingerprint density at radius 1 is 1.42 bits per heavy atom. The molecule has 6 heteroatoms. The minimum Gasteiger partial charge on any atom is -0.481 e. The second-order valence-electron chi connectivity index (χ2n) is 3.97. The molecule has 104 valence electrons. The number of thioether (sulfide) groups is 1. The number of amides is 1. The zero-order valence-electron chi connectivity index (χ0n) is 10.6. The van der Waals surface area contributed by atoms with Gasteiger partial charge in [-0.1, -0.05) is 30.7 Å². The fourth-order valence-electron chi connectivity index (χ4n) is 1.40. The Bertz CT molecular complexity index is 453. The molecule has 0 bridgehead atoms. The van der Waals surface area contributed by atoms with Crippen LogP contribution in [-0.4, -0.2) is 29.3 Å². The lowest BCUT2D eigenvalue weighted by molar-refractivity contribution is -0.141. The maximum atomic E-state index is 11.6. The molecule has 19 heavy (non-hydrogen) atoms. The Labute approximate surface area is 121 Å². The molecule has 0 radical (unpaired) electrons. The van der Waals surface area contributed by atoms with Gasteiger partial charge in [0.25, 0.3) is 0 Å². The molecular weight excluding hydrogens is 286 g/mol. The topological polar surface area (TPSA) is 66.4 Å². The van der Waals surface area contributed by atoms with Crippen molar-refractivity contribution in [3.05, 3.63) is 29.3 Å². The highest BCUT2D eigenvalue weighted by Gasteiger charge is 2.15. The number of nitrogens with one attached hydrogen (secondary N) is 1. The van der Waals surface area contributed by atoms with Crippen molar-refractivity contribution in [1.82, 2.24) is 5.32 Å². The van der Waals surface area contributed by atoms with Gasteiger partial charge < -0.3 is 10.4 Å². The summed E-state index contributed by atoms with van der Waals surface area (Å²) in [6.07, 6.45) is 0.493. The highest BCUT2D eigenvalue weighted by atomic mass is 35.5. The lowest BCUT2D eigenvalue weighted by Crippen LogP contribution is -2.33. The zero-order valence-corrected chi connectivity index (χ0v) is 12.1. The minimum atomic E-state index is -0.887. The molecule has 1 rings (SSSR count). The predicted octanol–water partition coefficient (Wildman–Crippen LogP) is 2.66. The van der Waals surface area contributed by atoms with E-state index in [9.17, 15) is 9.59 Å². The molecule has 1 unspecified atom stereocenters. The molecule has 0 saturated heterocycles. The first kappa shape index (κ1) is 15.9. The average Bonchev–Trinajstić information content (AvgIpc) is 2.38. The Hall–Kier alpha value is -1.20. The third-order valence-corrected chi connectivity index (χ3v) is 4.10. The molecule has 0 aliphatic rings. The summed E-state index contributed by atoms with van der Waals surface area (Å²) in [5, 5.41) is 12.1. The molecule has 1 aromatic carbocycles. The van der Waals surface area contributed by atoms with Crippen molar-refractivity contribution in [2.24, 2.45) is 5.92 Å². The Balaban J connectivity index is 2.36. The Morgan fingerprint density at radius 2 is 2.11 bits per heavy atom. The van der Waals surface area contributed by atoms with Crippen LogP contribution >= 0.6 is 23.4 Å². The number of benzene rings is 1. The van der Waals surface area contributed by atoms with E-state index in [1.807, 2.05) is 18.2 Å². The van der Waals surface area contributed by atoms with Crippen LogP contribution in [0.4, 0.5) is 0 Å². The quantitative estimate of drug-likeness (QED) is 0.760. The summed E-state index contributed by atoms with van der Waals surface area (Å²) >= 11 is 7.30. The Morgan fingerprint density at radius 3 is 2.68 bits per heavy atom. The van der Waals surface area contributed by atoms with Crippen molar-refractivity contribution in [1.29, 1.82) is 0 Å². The first-order valence-corrected chi connectivity index (χ1v) is 7.27. The van der Waals surface area contributed by atoms with Crippen molar-refractivity contribution < 1.29 is 14.7 Å². The van der Waals surface area contributed by atoms with Crippen LogP contribution in [0, 0.1) is 5.92 Å². The molecule has 4 nitrogen and oxygen atoms in total. The summed E-state index contributed by atoms with van der Waals surface area (Å²) in [4.78, 5) is 23.2. The van der Waals surface area contributed by atoms with Crippen LogP contribution in [-0.2, 0) is 9.59 Å². The molecule has 0 fully saturated rings. The molecular formula is C13H16ClNO3S. The summed E-state index contributed by atoms with van der Waals surface area (Å²) in [6, 6.07) is 7.28. The number of halogens is 1. The van der Waals surface area contributed by atoms with E-state index in [0.717, 1.165) is 4.90 Å². The fourth-order valence-corrected chi connectivity index (χ4v) is 2.47. The number of carboxylic acid groups (broad SMARTS) is 1. The van der Waals surface area contributed by atoms with Crippen molar-refractivity contribution >= 4 is 35.2 Å². The van der Waals surface area contributed by atoms with Crippen LogP contribution in [0.1, 0.15) is 13.3 Å². The molecule has 2 N–H and O–H groups in total. The predicted molar refractivity (Wildman–Crippen MR) is 76.6 cm³/mol. The van der Waals surface area contributed by atoms with Gasteiger partial charge >= 0.3 is 5.97 Å². The van der Waals surface area contributed by atoms with Crippen LogP contribution in [0.15, 0.2) is 29.2 Å². The van der Waals surface area contributed by atoms with E-state index in [1.165, 1.54) is 11.8 Å². The highest BCUT2D eigenvalue weighted by molar-refractivity contribution is 8.00. The van der Waals surface area contributed by atoms with Crippen LogP contribution in [0.2, 0.25) is 5.02 Å². The second kappa shape index (κ2) is 8.07. The largest absolute Gasteiger partial charge is 0.481 e. The van der Waals surface area contributed by atoms with Crippen molar-refractivity contribution in [3.8, 4) is 0 Å². The van der Waals surface area contributed by atoms with Crippen molar-refractivity contribution in [2.45, 2.75) is 18.2 Å². The maximum Gasteiger partial charge on any atom is 0.308 e. The van der Waals surface area contributed by atoms with E-state index in [0.29, 0.717) is 11.4 Å². The van der Waals surface area contributed by atoms with Crippen LogP contribution < -0.4 is 5.32 Å². The first-order valence-electron chi connectivity index (χ1n) is 5.91. The zero-order chi connectivity index (χ0) is 14.3. The van der Waals surface area contributed by atoms with Gasteiger partial charge in [0.05, 0.1) is 16.7 Å². The third kappa shape index (κ3) is 5.53. The number of aliphatic carboxylic acids is 1. The average molecular weight is 302 g/mol. The van der Waals surface area contributed by atoms with Gasteiger partial charge in [0.1, 0.15) is 0 Å². The second-order valence-corrected chi connectivity index (χ2v) is 5.39. The molecule has 0 aliphatic carbocycles. The molecule has 0 spiro atoms. The molecule has 1 atom stereocenters. The molecule has 0 aliphatic heterocycles. The van der Waals surface area contributed by atoms with Crippen LogP contribution in [0.5, 0.6) is 0 Å². The molecule has 0 saturated carbocycles. The van der Waals surface area contributed by atoms with Gasteiger partial charge in [-0.15, -0.1) is 11.8 Å². The van der Waals surface area contributed by atoms with Gasteiger partial charge in [0.15, 0.2) is 0 Å². The van der Waals surface area contributed by atoms with E-state index < -0.39 is 11.9 Å². The molecule has 1 amide bonds. The number of rotatable bonds is 7. The van der Waals surface area contributed by atoms with Crippen LogP contribution in [0.25, 0.3) is 0 Å². The van der Waals surface area contributed by atoms with Gasteiger partial charge in [-0.25, -0.2) is 0 Å². The number of hydrogen-bond acceptors (Lipinski definition) is 3. The number of carbonyl (C=O) groups excluding carboxylic acids is 1. The van der Waals surface area contributed by atoms with E-state index >= 15 is 0 Å². The van der Waals surface area contributed by atoms with Gasteiger partial charge in [-0.3, -0.25) is 9.59 Å². The first-order chi connectivity index (χ1) is 9.04. The number of hydrogen-bond donors (Lipinski definition) is 2. The summed E-state index contributed by atoms with van der Waals surface area (Å²) in [5.41, 5.74) is 0. The summed E-state index contributed by atoms with van der Waals surface area (Å²) < 4.78 is 0. The maximum absolute atomic E-state index is 11.6. The van der Waals surface area contributed by atoms with Crippen molar-refractivity contribution in [2.75, 3.05) is 12.3 Å². The minimum absolute atomic E-state index is 0.160. The molecule has 0 heterocycles. The standard InChI is InChI=1S/C13H16ClNO3S/c1-2-9(13(17)18)7-15-12(16)8-19-11-6-4-3-5-10(11)14/h3-6,9H,2,7-8H2,1H3,(H,15,16)(H,17,18). The smallest absolute Gasteiger partial charge is 0.308 e. The van der Waals surface area contributed by atoms with Gasteiger partial charge in [0, 0.05) is 11.4 Å². The van der Waals surface area contributed by atoms with E-state index in [4.69, 9.17) is 16.7 Å². The third-order valence-electron chi connectivity index (χ3n) is 2.58. The van der Waals surface area contributed by atoms with E-state index in [-0.39, 0.29) is 18.2 Å². The summed E-state index contributed by atoms with van der Waals surface area (Å²) in [7, 11) is 0. The SMILES string of the molecule is CCC(CNC(=O)CSc1ccccc1Cl)C(=O)O. The van der Waals surface area contributed by atoms with Crippen molar-refractivity contribution in [3.63, 3.8) is 0 Å². The normalized spacial score (nSPS) is 11.9. The van der Waals surface area contributed by atoms with Gasteiger partial charge in [0.2, 0.25) is 5.91 Å². The number of carbonyl (C=O) groups is 2. The summed E-state index contributed by atoms with van der Waals surface area (Å²) in [5.74, 6) is -1.39. The molecule has 1 aromatic rings. The lowest BCUT2D eigenvalue weighted by Gasteiger charge is -2.11. The van der Waals surface area contributed by atoms with Gasteiger partial charge in [-0.2, -0.15) is 0 Å². The highest BCUT2D eigenvalue weighted by Crippen LogP contribution is 2.26. The fraction of sp³-hybridized carbons (Fsp3) is 0.385.